The number of alkyl halides is 3. The minimum Gasteiger partial charge on any atom is -0.476 e. The molecule has 0 aromatic heterocycles. The van der Waals surface area contributed by atoms with Crippen LogP contribution in [0.2, 0.25) is 0 Å². The molecule has 0 amide bonds. The van der Waals surface area contributed by atoms with Gasteiger partial charge in [0.05, 0.1) is 6.04 Å². The highest BCUT2D eigenvalue weighted by atomic mass is 19.4. The maximum atomic E-state index is 13.2. The van der Waals surface area contributed by atoms with Crippen molar-refractivity contribution in [1.29, 1.82) is 0 Å². The highest BCUT2D eigenvalue weighted by molar-refractivity contribution is 5.24. The lowest BCUT2D eigenvalue weighted by Crippen LogP contribution is -2.48. The molecule has 0 heterocycles. The Morgan fingerprint density at radius 3 is 2.35 bits per heavy atom. The van der Waals surface area contributed by atoms with E-state index in [-0.39, 0.29) is 6.42 Å². The molecule has 2 atom stereocenters. The molecule has 1 rings (SSSR count). The van der Waals surface area contributed by atoms with E-state index >= 15 is 0 Å². The smallest absolute Gasteiger partial charge is 0.426 e. The lowest BCUT2D eigenvalue weighted by Gasteiger charge is -2.26. The van der Waals surface area contributed by atoms with E-state index in [9.17, 15) is 17.6 Å². The maximum Gasteiger partial charge on any atom is 0.426 e. The topological polar surface area (TPSA) is 35.2 Å². The molecule has 0 saturated heterocycles. The van der Waals surface area contributed by atoms with Crippen LogP contribution in [0.5, 0.6) is 5.75 Å². The SMILES string of the molecule is CCC(N)C(Oc1ccccc1F)C(F)(F)F. The Morgan fingerprint density at radius 1 is 1.29 bits per heavy atom. The number of ether oxygens (including phenoxy) is 1. The summed E-state index contributed by atoms with van der Waals surface area (Å²) in [6.45, 7) is 1.51. The van der Waals surface area contributed by atoms with Crippen LogP contribution in [0.3, 0.4) is 0 Å². The number of halogens is 4. The second kappa shape index (κ2) is 5.35. The van der Waals surface area contributed by atoms with Gasteiger partial charge in [0.1, 0.15) is 0 Å². The fourth-order valence-electron chi connectivity index (χ4n) is 1.29. The molecule has 6 heteroatoms. The van der Waals surface area contributed by atoms with Crippen molar-refractivity contribution in [2.45, 2.75) is 31.7 Å². The van der Waals surface area contributed by atoms with Gasteiger partial charge in [0, 0.05) is 0 Å². The van der Waals surface area contributed by atoms with E-state index in [1.807, 2.05) is 0 Å². The largest absolute Gasteiger partial charge is 0.476 e. The molecule has 17 heavy (non-hydrogen) atoms. The van der Waals surface area contributed by atoms with E-state index in [1.165, 1.54) is 19.1 Å². The van der Waals surface area contributed by atoms with Crippen LogP contribution in [0.25, 0.3) is 0 Å². The molecule has 0 radical (unpaired) electrons. The lowest BCUT2D eigenvalue weighted by molar-refractivity contribution is -0.201. The molecule has 0 aliphatic rings. The Balaban J connectivity index is 2.91. The fraction of sp³-hybridized carbons (Fsp3) is 0.455. The molecule has 2 N–H and O–H groups in total. The summed E-state index contributed by atoms with van der Waals surface area (Å²) >= 11 is 0. The van der Waals surface area contributed by atoms with Crippen LogP contribution in [0.1, 0.15) is 13.3 Å². The van der Waals surface area contributed by atoms with Crippen molar-refractivity contribution in [3.63, 3.8) is 0 Å². The zero-order valence-electron chi connectivity index (χ0n) is 9.17. The number of hydrogen-bond donors (Lipinski definition) is 1. The predicted octanol–water partition coefficient (Wildman–Crippen LogP) is 2.87. The van der Waals surface area contributed by atoms with Gasteiger partial charge in [-0.25, -0.2) is 4.39 Å². The van der Waals surface area contributed by atoms with Crippen LogP contribution in [0, 0.1) is 5.82 Å². The number of hydrogen-bond acceptors (Lipinski definition) is 2. The molecule has 0 bridgehead atoms. The van der Waals surface area contributed by atoms with Crippen LogP contribution in [-0.2, 0) is 0 Å². The molecule has 0 aliphatic heterocycles. The predicted molar refractivity (Wildman–Crippen MR) is 55.1 cm³/mol. The Kier molecular flexibility index (Phi) is 4.34. The summed E-state index contributed by atoms with van der Waals surface area (Å²) in [6, 6.07) is 3.69. The van der Waals surface area contributed by atoms with Crippen molar-refractivity contribution in [1.82, 2.24) is 0 Å². The maximum absolute atomic E-state index is 13.2. The third-order valence-corrected chi connectivity index (χ3v) is 2.27. The number of para-hydroxylation sites is 1. The first-order valence-corrected chi connectivity index (χ1v) is 5.09. The third-order valence-electron chi connectivity index (χ3n) is 2.27. The molecule has 0 aliphatic carbocycles. The zero-order chi connectivity index (χ0) is 13.1. The third kappa shape index (κ3) is 3.59. The normalized spacial score (nSPS) is 15.4. The van der Waals surface area contributed by atoms with Crippen LogP contribution in [0.15, 0.2) is 24.3 Å². The van der Waals surface area contributed by atoms with Crippen molar-refractivity contribution in [2.75, 3.05) is 0 Å². The standard InChI is InChI=1S/C11H13F4NO/c1-2-8(16)10(11(13,14)15)17-9-6-4-3-5-7(9)12/h3-6,8,10H,2,16H2,1H3. The van der Waals surface area contributed by atoms with Gasteiger partial charge in [-0.15, -0.1) is 0 Å². The lowest BCUT2D eigenvalue weighted by atomic mass is 10.1. The van der Waals surface area contributed by atoms with Crippen molar-refractivity contribution < 1.29 is 22.3 Å². The molecular formula is C11H13F4NO. The van der Waals surface area contributed by atoms with E-state index in [0.717, 1.165) is 12.1 Å². The van der Waals surface area contributed by atoms with Gasteiger partial charge >= 0.3 is 6.18 Å². The van der Waals surface area contributed by atoms with E-state index in [0.29, 0.717) is 0 Å². The number of rotatable bonds is 4. The quantitative estimate of drug-likeness (QED) is 0.835. The van der Waals surface area contributed by atoms with Crippen molar-refractivity contribution in [3.8, 4) is 5.75 Å². The van der Waals surface area contributed by atoms with Gasteiger partial charge in [-0.1, -0.05) is 19.1 Å². The molecule has 1 aromatic rings. The minimum absolute atomic E-state index is 0.0820. The van der Waals surface area contributed by atoms with Crippen molar-refractivity contribution in [2.24, 2.45) is 5.73 Å². The molecular weight excluding hydrogens is 238 g/mol. The molecule has 2 unspecified atom stereocenters. The molecule has 1 aromatic carbocycles. The summed E-state index contributed by atoms with van der Waals surface area (Å²) in [7, 11) is 0. The molecule has 96 valence electrons. The van der Waals surface area contributed by atoms with Gasteiger partial charge in [-0.05, 0) is 18.6 Å². The summed E-state index contributed by atoms with van der Waals surface area (Å²) in [6.07, 6.45) is -6.75. The van der Waals surface area contributed by atoms with E-state index in [1.54, 1.807) is 0 Å². The van der Waals surface area contributed by atoms with E-state index in [4.69, 9.17) is 5.73 Å². The Labute approximate surface area is 96.4 Å². The van der Waals surface area contributed by atoms with Gasteiger partial charge in [-0.3, -0.25) is 0 Å². The van der Waals surface area contributed by atoms with Gasteiger partial charge in [0.25, 0.3) is 0 Å². The Bertz CT molecular complexity index is 367. The molecule has 0 spiro atoms. The summed E-state index contributed by atoms with van der Waals surface area (Å²) < 4.78 is 55.8. The summed E-state index contributed by atoms with van der Waals surface area (Å²) in [4.78, 5) is 0. The van der Waals surface area contributed by atoms with Crippen LogP contribution in [0.4, 0.5) is 17.6 Å². The fourth-order valence-corrected chi connectivity index (χ4v) is 1.29. The molecule has 0 saturated carbocycles. The zero-order valence-corrected chi connectivity index (χ0v) is 9.17. The Morgan fingerprint density at radius 2 is 1.88 bits per heavy atom. The highest BCUT2D eigenvalue weighted by Gasteiger charge is 2.45. The average Bonchev–Trinajstić information content (AvgIpc) is 2.25. The van der Waals surface area contributed by atoms with E-state index < -0.39 is 29.9 Å². The van der Waals surface area contributed by atoms with Crippen LogP contribution < -0.4 is 10.5 Å². The monoisotopic (exact) mass is 251 g/mol. The first-order valence-electron chi connectivity index (χ1n) is 5.09. The molecule has 2 nitrogen and oxygen atoms in total. The second-order valence-electron chi connectivity index (χ2n) is 3.58. The second-order valence-corrected chi connectivity index (χ2v) is 3.58. The number of nitrogens with two attached hydrogens (primary N) is 1. The van der Waals surface area contributed by atoms with Crippen LogP contribution in [-0.4, -0.2) is 18.3 Å². The van der Waals surface area contributed by atoms with Gasteiger partial charge in [-0.2, -0.15) is 13.2 Å². The van der Waals surface area contributed by atoms with Crippen molar-refractivity contribution in [3.05, 3.63) is 30.1 Å². The van der Waals surface area contributed by atoms with Gasteiger partial charge < -0.3 is 10.5 Å². The summed E-state index contributed by atoms with van der Waals surface area (Å²) in [5.41, 5.74) is 5.33. The Hall–Kier alpha value is -1.30. The average molecular weight is 251 g/mol. The highest BCUT2D eigenvalue weighted by Crippen LogP contribution is 2.28. The number of benzene rings is 1. The van der Waals surface area contributed by atoms with Crippen LogP contribution >= 0.6 is 0 Å². The minimum atomic E-state index is -4.63. The summed E-state index contributed by atoms with van der Waals surface area (Å²) in [5, 5.41) is 0. The first-order chi connectivity index (χ1) is 7.86. The first kappa shape index (κ1) is 13.8. The van der Waals surface area contributed by atoms with Crippen molar-refractivity contribution >= 4 is 0 Å². The summed E-state index contributed by atoms with van der Waals surface area (Å²) in [5.74, 6) is -1.29. The molecule has 0 fully saturated rings. The van der Waals surface area contributed by atoms with Gasteiger partial charge in [0.15, 0.2) is 11.6 Å². The van der Waals surface area contributed by atoms with E-state index in [2.05, 4.69) is 4.74 Å². The van der Waals surface area contributed by atoms with Gasteiger partial charge in [0.2, 0.25) is 6.10 Å².